The smallest absolute Gasteiger partial charge is 0.497 e. The zero-order valence-electron chi connectivity index (χ0n) is 23.9. The Kier molecular flexibility index (Phi) is 11.2. The van der Waals surface area contributed by atoms with Gasteiger partial charge in [-0.2, -0.15) is 0 Å². The predicted molar refractivity (Wildman–Crippen MR) is 161 cm³/mol. The standard InChI is InChI=1S/C32H36N3O6P/c1-39-29-16-12-26(13-17-29)32(25-10-6-5-7-11-25,27-14-18-30(40-2)19-15-27)35-23-28(34-24-35)22-31(36)33-20-8-3-4-9-21-41-42(37)38/h5-7,10-19,23-24H,3-4,8-9,20-22H2,1-2H3,(H-,33,36,37,38)/p+1. The van der Waals surface area contributed by atoms with Gasteiger partial charge in [0.15, 0.2) is 0 Å². The van der Waals surface area contributed by atoms with Crippen molar-refractivity contribution in [3.63, 3.8) is 0 Å². The molecule has 0 saturated heterocycles. The quantitative estimate of drug-likeness (QED) is 0.0989. The van der Waals surface area contributed by atoms with Crippen molar-refractivity contribution in [3.05, 3.63) is 114 Å². The number of unbranched alkanes of at least 4 members (excludes halogenated alkanes) is 3. The molecule has 0 aliphatic rings. The SMILES string of the molecule is COc1ccc(C(c2ccccc2)(c2ccc(OC)cc2)n2cnc(CC(=O)NCCCCCCO[P+](=O)O)c2)cc1. The van der Waals surface area contributed by atoms with Crippen LogP contribution in [0.15, 0.2) is 91.4 Å². The Labute approximate surface area is 247 Å². The molecule has 9 nitrogen and oxygen atoms in total. The van der Waals surface area contributed by atoms with E-state index in [1.807, 2.05) is 48.7 Å². The first-order valence-corrected chi connectivity index (χ1v) is 15.0. The van der Waals surface area contributed by atoms with E-state index in [4.69, 9.17) is 14.4 Å². The second-order valence-corrected chi connectivity index (χ2v) is 10.6. The molecule has 1 aromatic heterocycles. The Bertz CT molecular complexity index is 1380. The fraction of sp³-hybridized carbons (Fsp3) is 0.312. The van der Waals surface area contributed by atoms with E-state index in [1.54, 1.807) is 20.5 Å². The number of carbonyl (C=O) groups is 1. The highest BCUT2D eigenvalue weighted by Crippen LogP contribution is 2.42. The average molecular weight is 591 g/mol. The summed E-state index contributed by atoms with van der Waals surface area (Å²) in [6.45, 7) is 0.818. The summed E-state index contributed by atoms with van der Waals surface area (Å²) in [6, 6.07) is 26.2. The van der Waals surface area contributed by atoms with E-state index in [2.05, 4.69) is 55.8 Å². The molecular weight excluding hydrogens is 553 g/mol. The van der Waals surface area contributed by atoms with Crippen molar-refractivity contribution < 1.29 is 28.3 Å². The zero-order chi connectivity index (χ0) is 29.8. The molecule has 0 radical (unpaired) electrons. The summed E-state index contributed by atoms with van der Waals surface area (Å²) in [5.74, 6) is 1.42. The van der Waals surface area contributed by atoms with Gasteiger partial charge in [-0.15, -0.1) is 9.42 Å². The molecule has 0 fully saturated rings. The maximum Gasteiger partial charge on any atom is 0.694 e. The second kappa shape index (κ2) is 15.3. The van der Waals surface area contributed by atoms with Crippen molar-refractivity contribution in [1.82, 2.24) is 14.9 Å². The Hall–Kier alpha value is -4.04. The van der Waals surface area contributed by atoms with Crippen molar-refractivity contribution in [3.8, 4) is 11.5 Å². The fourth-order valence-corrected chi connectivity index (χ4v) is 5.39. The van der Waals surface area contributed by atoms with Crippen LogP contribution in [0.5, 0.6) is 11.5 Å². The summed E-state index contributed by atoms with van der Waals surface area (Å²) in [5, 5.41) is 2.97. The van der Waals surface area contributed by atoms with Gasteiger partial charge < -0.3 is 19.4 Å². The molecule has 1 atom stereocenters. The van der Waals surface area contributed by atoms with Crippen LogP contribution >= 0.6 is 8.25 Å². The van der Waals surface area contributed by atoms with Gasteiger partial charge in [0.05, 0.1) is 32.7 Å². The van der Waals surface area contributed by atoms with Crippen LogP contribution in [-0.4, -0.2) is 47.7 Å². The van der Waals surface area contributed by atoms with Crippen LogP contribution in [0.2, 0.25) is 0 Å². The molecule has 3 aromatic carbocycles. The minimum atomic E-state index is -2.54. The molecule has 220 valence electrons. The first-order chi connectivity index (χ1) is 20.5. The number of hydrogen-bond donors (Lipinski definition) is 2. The molecule has 1 unspecified atom stereocenters. The molecular formula is C32H37N3O6P+. The third kappa shape index (κ3) is 7.62. The number of benzene rings is 3. The third-order valence-corrected chi connectivity index (χ3v) is 7.57. The lowest BCUT2D eigenvalue weighted by Gasteiger charge is -2.37. The van der Waals surface area contributed by atoms with E-state index in [0.717, 1.165) is 47.5 Å². The van der Waals surface area contributed by atoms with Crippen LogP contribution in [-0.2, 0) is 25.8 Å². The molecule has 0 spiro atoms. The van der Waals surface area contributed by atoms with Gasteiger partial charge in [-0.1, -0.05) is 67.4 Å². The highest BCUT2D eigenvalue weighted by Gasteiger charge is 2.38. The van der Waals surface area contributed by atoms with E-state index in [1.165, 1.54) is 0 Å². The average Bonchev–Trinajstić information content (AvgIpc) is 3.48. The summed E-state index contributed by atoms with van der Waals surface area (Å²) in [5.41, 5.74) is 2.91. The number of hydrogen-bond acceptors (Lipinski definition) is 6. The van der Waals surface area contributed by atoms with Crippen LogP contribution in [0.1, 0.15) is 48.1 Å². The number of rotatable bonds is 16. The fourth-order valence-electron chi connectivity index (χ4n) is 5.11. The van der Waals surface area contributed by atoms with Crippen LogP contribution in [0.25, 0.3) is 0 Å². The largest absolute Gasteiger partial charge is 0.694 e. The number of aromatic nitrogens is 2. The van der Waals surface area contributed by atoms with Crippen LogP contribution in [0.4, 0.5) is 0 Å². The second-order valence-electron chi connectivity index (χ2n) is 9.82. The van der Waals surface area contributed by atoms with Gasteiger partial charge in [-0.25, -0.2) is 4.98 Å². The van der Waals surface area contributed by atoms with E-state index in [9.17, 15) is 9.36 Å². The lowest BCUT2D eigenvalue weighted by atomic mass is 9.76. The van der Waals surface area contributed by atoms with Crippen LogP contribution in [0, 0.1) is 0 Å². The number of imidazole rings is 1. The van der Waals surface area contributed by atoms with E-state index in [-0.39, 0.29) is 18.9 Å². The number of carbonyl (C=O) groups excluding carboxylic acids is 1. The van der Waals surface area contributed by atoms with Crippen molar-refractivity contribution >= 4 is 14.2 Å². The van der Waals surface area contributed by atoms with Gasteiger partial charge in [-0.05, 0) is 53.8 Å². The van der Waals surface area contributed by atoms with E-state index in [0.29, 0.717) is 18.7 Å². The first-order valence-electron chi connectivity index (χ1n) is 13.9. The molecule has 42 heavy (non-hydrogen) atoms. The highest BCUT2D eigenvalue weighted by molar-refractivity contribution is 7.32. The minimum absolute atomic E-state index is 0.0972. The van der Waals surface area contributed by atoms with Gasteiger partial charge in [0, 0.05) is 17.3 Å². The molecule has 0 bridgehead atoms. The van der Waals surface area contributed by atoms with E-state index >= 15 is 0 Å². The third-order valence-electron chi connectivity index (χ3n) is 7.17. The number of nitrogens with zero attached hydrogens (tertiary/aromatic N) is 2. The number of amides is 1. The molecule has 1 heterocycles. The van der Waals surface area contributed by atoms with Crippen molar-refractivity contribution in [2.45, 2.75) is 37.6 Å². The number of ether oxygens (including phenoxy) is 2. The summed E-state index contributed by atoms with van der Waals surface area (Å²) >= 11 is 0. The van der Waals surface area contributed by atoms with Crippen LogP contribution in [0.3, 0.4) is 0 Å². The first kappa shape index (κ1) is 30.9. The topological polar surface area (TPSA) is 112 Å². The van der Waals surface area contributed by atoms with E-state index < -0.39 is 13.8 Å². The number of methoxy groups -OCH3 is 2. The summed E-state index contributed by atoms with van der Waals surface area (Å²) in [6.07, 6.45) is 7.15. The predicted octanol–water partition coefficient (Wildman–Crippen LogP) is 5.63. The Balaban J connectivity index is 1.58. The Morgan fingerprint density at radius 1 is 0.857 bits per heavy atom. The molecule has 0 aliphatic carbocycles. The summed E-state index contributed by atoms with van der Waals surface area (Å²) in [7, 11) is 0.759. The summed E-state index contributed by atoms with van der Waals surface area (Å²) in [4.78, 5) is 26.1. The molecule has 4 aromatic rings. The Morgan fingerprint density at radius 2 is 1.43 bits per heavy atom. The van der Waals surface area contributed by atoms with Crippen LogP contribution < -0.4 is 14.8 Å². The van der Waals surface area contributed by atoms with Crippen molar-refractivity contribution in [2.75, 3.05) is 27.4 Å². The summed E-state index contributed by atoms with van der Waals surface area (Å²) < 4.78 is 28.2. The van der Waals surface area contributed by atoms with Gasteiger partial charge >= 0.3 is 8.25 Å². The monoisotopic (exact) mass is 590 g/mol. The maximum atomic E-state index is 12.8. The molecule has 4 rings (SSSR count). The molecule has 2 N–H and O–H groups in total. The van der Waals surface area contributed by atoms with Gasteiger partial charge in [0.25, 0.3) is 0 Å². The Morgan fingerprint density at radius 3 is 2.00 bits per heavy atom. The van der Waals surface area contributed by atoms with Crippen molar-refractivity contribution in [1.29, 1.82) is 0 Å². The molecule has 1 amide bonds. The molecule has 0 saturated carbocycles. The normalized spacial score (nSPS) is 11.6. The minimum Gasteiger partial charge on any atom is -0.497 e. The van der Waals surface area contributed by atoms with Gasteiger partial charge in [0.2, 0.25) is 5.91 Å². The maximum absolute atomic E-state index is 12.8. The molecule has 10 heteroatoms. The lowest BCUT2D eigenvalue weighted by Crippen LogP contribution is -2.37. The zero-order valence-corrected chi connectivity index (χ0v) is 24.8. The van der Waals surface area contributed by atoms with Gasteiger partial charge in [-0.3, -0.25) is 4.79 Å². The number of nitrogens with one attached hydrogen (secondary N) is 1. The van der Waals surface area contributed by atoms with Gasteiger partial charge in [0.1, 0.15) is 23.6 Å². The van der Waals surface area contributed by atoms with Crippen molar-refractivity contribution in [2.24, 2.45) is 0 Å². The molecule has 0 aliphatic heterocycles. The lowest BCUT2D eigenvalue weighted by molar-refractivity contribution is -0.120. The highest BCUT2D eigenvalue weighted by atomic mass is 31.1.